The van der Waals surface area contributed by atoms with E-state index >= 15 is 0 Å². The predicted octanol–water partition coefficient (Wildman–Crippen LogP) is 2.18. The van der Waals surface area contributed by atoms with Gasteiger partial charge >= 0.3 is 0 Å². The molecule has 0 radical (unpaired) electrons. The summed E-state index contributed by atoms with van der Waals surface area (Å²) in [4.78, 5) is 4.97. The van der Waals surface area contributed by atoms with Crippen molar-refractivity contribution in [3.05, 3.63) is 29.3 Å². The highest BCUT2D eigenvalue weighted by atomic mass is 16.5. The summed E-state index contributed by atoms with van der Waals surface area (Å²) in [6.45, 7) is 8.13. The lowest BCUT2D eigenvalue weighted by Gasteiger charge is -2.32. The van der Waals surface area contributed by atoms with Crippen molar-refractivity contribution < 1.29 is 4.74 Å². The van der Waals surface area contributed by atoms with Crippen molar-refractivity contribution in [3.8, 4) is 5.75 Å². The Hall–Kier alpha value is -1.06. The first-order chi connectivity index (χ1) is 9.19. The molecule has 3 heteroatoms. The molecular formula is C16H26N2O. The highest BCUT2D eigenvalue weighted by Gasteiger charge is 2.13. The van der Waals surface area contributed by atoms with Gasteiger partial charge in [0.1, 0.15) is 5.75 Å². The van der Waals surface area contributed by atoms with Crippen LogP contribution in [0.3, 0.4) is 0 Å². The van der Waals surface area contributed by atoms with Crippen LogP contribution in [0, 0.1) is 6.92 Å². The zero-order valence-electron chi connectivity index (χ0n) is 12.5. The van der Waals surface area contributed by atoms with Crippen LogP contribution in [0.2, 0.25) is 0 Å². The molecule has 1 fully saturated rings. The lowest BCUT2D eigenvalue weighted by Crippen LogP contribution is -2.44. The first-order valence-corrected chi connectivity index (χ1v) is 7.23. The molecule has 0 amide bonds. The number of piperazine rings is 1. The van der Waals surface area contributed by atoms with Gasteiger partial charge < -0.3 is 14.5 Å². The van der Waals surface area contributed by atoms with Gasteiger partial charge in [0.15, 0.2) is 0 Å². The Morgan fingerprint density at radius 1 is 1.16 bits per heavy atom. The fourth-order valence-corrected chi connectivity index (χ4v) is 2.62. The number of aryl methyl sites for hydroxylation is 2. The van der Waals surface area contributed by atoms with Gasteiger partial charge in [-0.3, -0.25) is 0 Å². The molecule has 1 saturated heterocycles. The number of ether oxygens (including phenoxy) is 1. The first-order valence-electron chi connectivity index (χ1n) is 7.23. The summed E-state index contributed by atoms with van der Waals surface area (Å²) in [5.74, 6) is 1.04. The fraction of sp³-hybridized carbons (Fsp3) is 0.625. The second-order valence-electron chi connectivity index (χ2n) is 5.56. The Bertz CT molecular complexity index is 398. The largest absolute Gasteiger partial charge is 0.496 e. The molecule has 0 saturated carbocycles. The van der Waals surface area contributed by atoms with E-state index in [4.69, 9.17) is 4.74 Å². The first kappa shape index (κ1) is 14.4. The molecule has 106 valence electrons. The van der Waals surface area contributed by atoms with E-state index in [0.29, 0.717) is 0 Å². The maximum atomic E-state index is 5.46. The predicted molar refractivity (Wildman–Crippen MR) is 80.0 cm³/mol. The van der Waals surface area contributed by atoms with Gasteiger partial charge in [-0.15, -0.1) is 0 Å². The topological polar surface area (TPSA) is 15.7 Å². The van der Waals surface area contributed by atoms with Crippen LogP contribution < -0.4 is 4.74 Å². The number of hydrogen-bond donors (Lipinski definition) is 0. The standard InChI is InChI=1S/C16H26N2O/c1-14-6-7-15(16(13-14)19-3)5-4-8-18-11-9-17(2)10-12-18/h6-7,13H,4-5,8-12H2,1-3H3. The minimum Gasteiger partial charge on any atom is -0.496 e. The van der Waals surface area contributed by atoms with Gasteiger partial charge in [-0.2, -0.15) is 0 Å². The van der Waals surface area contributed by atoms with Crippen molar-refractivity contribution in [1.29, 1.82) is 0 Å². The molecule has 1 aromatic carbocycles. The molecule has 0 spiro atoms. The molecule has 1 aliphatic rings. The number of nitrogens with zero attached hydrogens (tertiary/aromatic N) is 2. The molecule has 0 unspecified atom stereocenters. The third-order valence-corrected chi connectivity index (χ3v) is 3.96. The maximum absolute atomic E-state index is 5.46. The quantitative estimate of drug-likeness (QED) is 0.809. The molecule has 2 rings (SSSR count). The second-order valence-corrected chi connectivity index (χ2v) is 5.56. The highest BCUT2D eigenvalue weighted by molar-refractivity contribution is 5.37. The second kappa shape index (κ2) is 6.92. The van der Waals surface area contributed by atoms with E-state index in [2.05, 4.69) is 42.0 Å². The molecule has 0 atom stereocenters. The molecule has 0 N–H and O–H groups in total. The Kier molecular flexibility index (Phi) is 5.23. The molecule has 0 bridgehead atoms. The van der Waals surface area contributed by atoms with Crippen molar-refractivity contribution in [2.24, 2.45) is 0 Å². The van der Waals surface area contributed by atoms with Crippen molar-refractivity contribution in [2.75, 3.05) is 46.9 Å². The van der Waals surface area contributed by atoms with Gasteiger partial charge in [-0.05, 0) is 50.6 Å². The van der Waals surface area contributed by atoms with Crippen molar-refractivity contribution in [2.45, 2.75) is 19.8 Å². The third kappa shape index (κ3) is 4.22. The van der Waals surface area contributed by atoms with Crippen molar-refractivity contribution in [1.82, 2.24) is 9.80 Å². The Balaban J connectivity index is 1.79. The van der Waals surface area contributed by atoms with Crippen LogP contribution >= 0.6 is 0 Å². The van der Waals surface area contributed by atoms with Gasteiger partial charge in [0, 0.05) is 26.2 Å². The van der Waals surface area contributed by atoms with Gasteiger partial charge in [0.2, 0.25) is 0 Å². The van der Waals surface area contributed by atoms with Crippen LogP contribution in [-0.4, -0.2) is 56.7 Å². The van der Waals surface area contributed by atoms with Gasteiger partial charge in [0.05, 0.1) is 7.11 Å². The lowest BCUT2D eigenvalue weighted by atomic mass is 10.1. The van der Waals surface area contributed by atoms with Gasteiger partial charge in [-0.25, -0.2) is 0 Å². The maximum Gasteiger partial charge on any atom is 0.122 e. The highest BCUT2D eigenvalue weighted by Crippen LogP contribution is 2.21. The minimum atomic E-state index is 1.04. The van der Waals surface area contributed by atoms with E-state index in [1.165, 1.54) is 50.3 Å². The van der Waals surface area contributed by atoms with E-state index in [0.717, 1.165) is 12.2 Å². The number of rotatable bonds is 5. The number of hydrogen-bond acceptors (Lipinski definition) is 3. The third-order valence-electron chi connectivity index (χ3n) is 3.96. The van der Waals surface area contributed by atoms with Crippen molar-refractivity contribution >= 4 is 0 Å². The van der Waals surface area contributed by atoms with E-state index in [1.807, 2.05) is 0 Å². The van der Waals surface area contributed by atoms with Crippen LogP contribution in [0.4, 0.5) is 0 Å². The van der Waals surface area contributed by atoms with E-state index in [1.54, 1.807) is 7.11 Å². The zero-order valence-corrected chi connectivity index (χ0v) is 12.5. The van der Waals surface area contributed by atoms with Crippen molar-refractivity contribution in [3.63, 3.8) is 0 Å². The minimum absolute atomic E-state index is 1.04. The summed E-state index contributed by atoms with van der Waals surface area (Å²) in [5.41, 5.74) is 2.60. The zero-order chi connectivity index (χ0) is 13.7. The summed E-state index contributed by atoms with van der Waals surface area (Å²) in [6, 6.07) is 6.51. The summed E-state index contributed by atoms with van der Waals surface area (Å²) in [6.07, 6.45) is 2.32. The summed E-state index contributed by atoms with van der Waals surface area (Å²) >= 11 is 0. The average molecular weight is 262 g/mol. The SMILES string of the molecule is COc1cc(C)ccc1CCCN1CCN(C)CC1. The van der Waals surface area contributed by atoms with Crippen LogP contribution in [0.5, 0.6) is 5.75 Å². The Morgan fingerprint density at radius 2 is 1.89 bits per heavy atom. The van der Waals surface area contributed by atoms with Crippen LogP contribution in [0.25, 0.3) is 0 Å². The molecule has 0 aromatic heterocycles. The lowest BCUT2D eigenvalue weighted by molar-refractivity contribution is 0.153. The monoisotopic (exact) mass is 262 g/mol. The Morgan fingerprint density at radius 3 is 2.58 bits per heavy atom. The summed E-state index contributed by atoms with van der Waals surface area (Å²) in [7, 11) is 3.97. The van der Waals surface area contributed by atoms with Gasteiger partial charge in [-0.1, -0.05) is 12.1 Å². The summed E-state index contributed by atoms with van der Waals surface area (Å²) in [5, 5.41) is 0. The summed E-state index contributed by atoms with van der Waals surface area (Å²) < 4.78 is 5.46. The van der Waals surface area contributed by atoms with Gasteiger partial charge in [0.25, 0.3) is 0 Å². The normalized spacial score (nSPS) is 17.6. The van der Waals surface area contributed by atoms with E-state index < -0.39 is 0 Å². The average Bonchev–Trinajstić information content (AvgIpc) is 2.42. The molecule has 1 heterocycles. The molecule has 1 aromatic rings. The molecular weight excluding hydrogens is 236 g/mol. The smallest absolute Gasteiger partial charge is 0.122 e. The molecule has 19 heavy (non-hydrogen) atoms. The fourth-order valence-electron chi connectivity index (χ4n) is 2.62. The Labute approximate surface area is 117 Å². The number of benzene rings is 1. The molecule has 0 aliphatic carbocycles. The van der Waals surface area contributed by atoms with Crippen LogP contribution in [0.15, 0.2) is 18.2 Å². The number of methoxy groups -OCH3 is 1. The van der Waals surface area contributed by atoms with E-state index in [9.17, 15) is 0 Å². The van der Waals surface area contributed by atoms with E-state index in [-0.39, 0.29) is 0 Å². The molecule has 3 nitrogen and oxygen atoms in total. The number of likely N-dealkylation sites (N-methyl/N-ethyl adjacent to an activating group) is 1. The molecule has 1 aliphatic heterocycles. The van der Waals surface area contributed by atoms with Crippen LogP contribution in [-0.2, 0) is 6.42 Å². The van der Waals surface area contributed by atoms with Crippen LogP contribution in [0.1, 0.15) is 17.5 Å².